The maximum absolute atomic E-state index is 15.2. The van der Waals surface area contributed by atoms with E-state index < -0.39 is 35.5 Å². The molecule has 2 atom stereocenters. The number of nitrogens with zero attached hydrogens (tertiary/aromatic N) is 8. The molecule has 1 saturated heterocycles. The van der Waals surface area contributed by atoms with E-state index in [0.717, 1.165) is 17.8 Å². The first-order valence-corrected chi connectivity index (χ1v) is 13.5. The fourth-order valence-corrected chi connectivity index (χ4v) is 4.94. The molecule has 13 nitrogen and oxygen atoms in total. The fourth-order valence-electron chi connectivity index (χ4n) is 4.94. The predicted molar refractivity (Wildman–Crippen MR) is 146 cm³/mol. The fraction of sp³-hybridized carbons (Fsp3) is 0.357. The second-order valence-corrected chi connectivity index (χ2v) is 10.4. The molecule has 0 bridgehead atoms. The Morgan fingerprint density at radius 1 is 1.11 bits per heavy atom. The van der Waals surface area contributed by atoms with Crippen LogP contribution in [0.15, 0.2) is 67.5 Å². The van der Waals surface area contributed by atoms with Crippen LogP contribution >= 0.6 is 0 Å². The average Bonchev–Trinajstić information content (AvgIpc) is 3.73. The molecule has 2 aromatic carbocycles. The molecule has 1 aliphatic heterocycles. The third-order valence-corrected chi connectivity index (χ3v) is 7.14. The zero-order valence-electron chi connectivity index (χ0n) is 24.1. The second kappa shape index (κ2) is 13.3. The van der Waals surface area contributed by atoms with Gasteiger partial charge in [-0.25, -0.2) is 23.1 Å². The van der Waals surface area contributed by atoms with Crippen molar-refractivity contribution >= 4 is 17.9 Å². The summed E-state index contributed by atoms with van der Waals surface area (Å²) in [4.78, 5) is 28.4. The molecule has 2 amide bonds. The van der Waals surface area contributed by atoms with Crippen molar-refractivity contribution in [1.29, 1.82) is 0 Å². The molecule has 0 saturated carbocycles. The van der Waals surface area contributed by atoms with E-state index in [4.69, 9.17) is 9.47 Å². The zero-order valence-corrected chi connectivity index (χ0v) is 24.9. The molecule has 1 fully saturated rings. The minimum atomic E-state index is -2.04. The van der Waals surface area contributed by atoms with Crippen molar-refractivity contribution in [1.82, 2.24) is 29.6 Å². The molecule has 0 spiro atoms. The molecule has 1 N–H and O–H groups in total. The Labute approximate surface area is 257 Å². The van der Waals surface area contributed by atoms with E-state index >= 15 is 4.39 Å². The van der Waals surface area contributed by atoms with Gasteiger partial charge >= 0.3 is 12.2 Å². The molecule has 44 heavy (non-hydrogen) atoms. The normalized spacial score (nSPS) is 15.2. The molecule has 234 valence electrons. The Hall–Kier alpha value is -4.63. The molecule has 1 aliphatic rings. The number of benzene rings is 2. The minimum Gasteiger partial charge on any atom is -1.00 e. The maximum atomic E-state index is 15.2. The van der Waals surface area contributed by atoms with Gasteiger partial charge in [0.25, 0.3) is 6.33 Å². The number of hydrogen-bond acceptors (Lipinski definition) is 8. The third-order valence-electron chi connectivity index (χ3n) is 7.14. The van der Waals surface area contributed by atoms with Crippen LogP contribution in [0.4, 0.5) is 24.1 Å². The number of rotatable bonds is 10. The van der Waals surface area contributed by atoms with Crippen molar-refractivity contribution < 1.29 is 50.0 Å². The molecule has 5 rings (SSSR count). The molecular formula is C28H31ClF2N8O5. The molecule has 0 unspecified atom stereocenters. The number of aromatic nitrogens is 6. The van der Waals surface area contributed by atoms with Crippen LogP contribution in [0, 0.1) is 11.6 Å². The number of halogens is 3. The number of ether oxygens (including phenoxy) is 2. The summed E-state index contributed by atoms with van der Waals surface area (Å²) >= 11 is 0. The standard InChI is InChI=1S/C28H31F2N8O5.ClH/c1-19(2)43-27(40)42-18-34-16-32-35(17-34)15-28(41,24-9-4-21(29)14-25(24)30)20(3)36-12-13-37(26(36)39)22-5-7-23(8-6-22)38-11-10-31-33-38;/h4-11,14,16-17,19-20,41H,12-13,15,18H2,1-3H3;1H/q+1;/p-1/t20-,28-;/m1./s1. The monoisotopic (exact) mass is 632 g/mol. The van der Waals surface area contributed by atoms with Crippen molar-refractivity contribution in [2.24, 2.45) is 0 Å². The molecule has 0 radical (unpaired) electrons. The lowest BCUT2D eigenvalue weighted by molar-refractivity contribution is -0.765. The van der Waals surface area contributed by atoms with Crippen LogP contribution in [0.25, 0.3) is 5.69 Å². The lowest BCUT2D eigenvalue weighted by Crippen LogP contribution is -3.00. The summed E-state index contributed by atoms with van der Waals surface area (Å²) in [5, 5.41) is 24.1. The van der Waals surface area contributed by atoms with Gasteiger partial charge in [0.1, 0.15) is 18.2 Å². The van der Waals surface area contributed by atoms with E-state index in [1.807, 2.05) is 0 Å². The van der Waals surface area contributed by atoms with Crippen molar-refractivity contribution in [3.63, 3.8) is 0 Å². The molecule has 2 aromatic heterocycles. The van der Waals surface area contributed by atoms with E-state index in [1.54, 1.807) is 67.0 Å². The van der Waals surface area contributed by atoms with E-state index in [-0.39, 0.29) is 43.9 Å². The highest BCUT2D eigenvalue weighted by Crippen LogP contribution is 2.34. The number of carbonyl (C=O) groups is 2. The number of aliphatic hydroxyl groups is 1. The van der Waals surface area contributed by atoms with Crippen molar-refractivity contribution in [2.45, 2.75) is 51.8 Å². The average molecular weight is 633 g/mol. The van der Waals surface area contributed by atoms with Crippen molar-refractivity contribution in [3.8, 4) is 5.69 Å². The Morgan fingerprint density at radius 3 is 2.50 bits per heavy atom. The maximum Gasteiger partial charge on any atom is 0.511 e. The largest absolute Gasteiger partial charge is 1.00 e. The summed E-state index contributed by atoms with van der Waals surface area (Å²) in [5.41, 5.74) is -0.854. The van der Waals surface area contributed by atoms with Crippen molar-refractivity contribution in [3.05, 3.63) is 84.7 Å². The van der Waals surface area contributed by atoms with E-state index in [9.17, 15) is 19.1 Å². The molecular weight excluding hydrogens is 602 g/mol. The van der Waals surface area contributed by atoms with Crippen LogP contribution in [0.2, 0.25) is 0 Å². The van der Waals surface area contributed by atoms with Gasteiger partial charge < -0.3 is 31.9 Å². The van der Waals surface area contributed by atoms with Gasteiger partial charge in [-0.05, 0) is 56.2 Å². The first-order chi connectivity index (χ1) is 20.5. The summed E-state index contributed by atoms with van der Waals surface area (Å²) in [6.07, 6.45) is 4.83. The molecule has 4 aromatic rings. The lowest BCUT2D eigenvalue weighted by Gasteiger charge is -2.38. The minimum absolute atomic E-state index is 0. The summed E-state index contributed by atoms with van der Waals surface area (Å²) in [6, 6.07) is 8.66. The molecule has 16 heteroatoms. The van der Waals surface area contributed by atoms with Crippen LogP contribution < -0.4 is 22.0 Å². The van der Waals surface area contributed by atoms with E-state index in [1.165, 1.54) is 26.8 Å². The van der Waals surface area contributed by atoms with Gasteiger partial charge in [-0.2, -0.15) is 4.57 Å². The highest BCUT2D eigenvalue weighted by atomic mass is 35.5. The topological polar surface area (TPSA) is 132 Å². The van der Waals surface area contributed by atoms with Crippen LogP contribution in [0.1, 0.15) is 26.3 Å². The Morgan fingerprint density at radius 2 is 1.84 bits per heavy atom. The van der Waals surface area contributed by atoms with Crippen LogP contribution in [-0.4, -0.2) is 72.1 Å². The quantitative estimate of drug-likeness (QED) is 0.187. The number of anilines is 1. The molecule has 0 aliphatic carbocycles. The van der Waals surface area contributed by atoms with Crippen LogP contribution in [0.3, 0.4) is 0 Å². The highest BCUT2D eigenvalue weighted by molar-refractivity contribution is 5.94. The van der Waals surface area contributed by atoms with E-state index in [0.29, 0.717) is 18.3 Å². The third kappa shape index (κ3) is 6.78. The van der Waals surface area contributed by atoms with Gasteiger partial charge in [0.15, 0.2) is 5.60 Å². The first kappa shape index (κ1) is 32.3. The number of hydrogen-bond donors (Lipinski definition) is 1. The second-order valence-electron chi connectivity index (χ2n) is 10.4. The van der Waals surface area contributed by atoms with Gasteiger partial charge in [-0.1, -0.05) is 11.3 Å². The number of urea groups is 1. The van der Waals surface area contributed by atoms with Gasteiger partial charge in [-0.3, -0.25) is 4.90 Å². The Kier molecular flexibility index (Phi) is 9.79. The van der Waals surface area contributed by atoms with Gasteiger partial charge in [0.05, 0.1) is 30.2 Å². The summed E-state index contributed by atoms with van der Waals surface area (Å²) in [7, 11) is 0. The lowest BCUT2D eigenvalue weighted by atomic mass is 9.85. The van der Waals surface area contributed by atoms with Crippen LogP contribution in [-0.2, 0) is 28.4 Å². The van der Waals surface area contributed by atoms with Gasteiger partial charge in [-0.15, -0.1) is 9.78 Å². The summed E-state index contributed by atoms with van der Waals surface area (Å²) in [6.45, 7) is 4.99. The number of carbonyl (C=O) groups excluding carboxylic acids is 2. The Bertz CT molecular complexity index is 1590. The molecule has 3 heterocycles. The first-order valence-electron chi connectivity index (χ1n) is 13.5. The Balaban J connectivity index is 0.00000442. The highest BCUT2D eigenvalue weighted by Gasteiger charge is 2.48. The van der Waals surface area contributed by atoms with Gasteiger partial charge in [0, 0.05) is 30.4 Å². The van der Waals surface area contributed by atoms with Crippen LogP contribution in [0.5, 0.6) is 0 Å². The number of amides is 2. The summed E-state index contributed by atoms with van der Waals surface area (Å²) < 4.78 is 43.3. The zero-order chi connectivity index (χ0) is 30.7. The van der Waals surface area contributed by atoms with Gasteiger partial charge in [0.2, 0.25) is 13.1 Å². The summed E-state index contributed by atoms with van der Waals surface area (Å²) in [5.74, 6) is -1.78. The predicted octanol–water partition coefficient (Wildman–Crippen LogP) is -0.229. The van der Waals surface area contributed by atoms with Crippen molar-refractivity contribution in [2.75, 3.05) is 18.0 Å². The smallest absolute Gasteiger partial charge is 0.511 e. The SMILES string of the molecule is CC(C)OC(=O)OCn1cn[n+](C[C@](O)(c2ccc(F)cc2F)[C@@H](C)N2CCN(c3ccc(-n4ccnn4)cc3)C2=O)c1.[Cl-]. The van der Waals surface area contributed by atoms with E-state index in [2.05, 4.69) is 15.4 Å².